The van der Waals surface area contributed by atoms with Gasteiger partial charge in [-0.05, 0) is 18.1 Å². The molecule has 0 fully saturated rings. The van der Waals surface area contributed by atoms with Gasteiger partial charge in [0.1, 0.15) is 5.75 Å². The van der Waals surface area contributed by atoms with E-state index in [1.54, 1.807) is 7.11 Å². The molecule has 1 amide bonds. The van der Waals surface area contributed by atoms with Crippen LogP contribution in [0.15, 0.2) is 24.3 Å². The normalized spacial score (nSPS) is 9.40. The van der Waals surface area contributed by atoms with E-state index in [1.165, 1.54) is 0 Å². The van der Waals surface area contributed by atoms with Gasteiger partial charge in [0.2, 0.25) is 6.29 Å². The summed E-state index contributed by atoms with van der Waals surface area (Å²) in [4.78, 5) is 20.7. The lowest BCUT2D eigenvalue weighted by Gasteiger charge is -2.07. The maximum Gasteiger partial charge on any atom is 0.284 e. The highest BCUT2D eigenvalue weighted by molar-refractivity contribution is 6.23. The predicted octanol–water partition coefficient (Wildman–Crippen LogP) is 0.553. The molecule has 1 N–H and O–H groups in total. The molecule has 15 heavy (non-hydrogen) atoms. The van der Waals surface area contributed by atoms with Crippen molar-refractivity contribution in [1.82, 2.24) is 5.32 Å². The second kappa shape index (κ2) is 5.80. The van der Waals surface area contributed by atoms with E-state index in [0.717, 1.165) is 11.3 Å². The third kappa shape index (κ3) is 3.42. The molecule has 0 aliphatic rings. The highest BCUT2D eigenvalue weighted by Gasteiger charge is 2.02. The molecule has 1 aromatic rings. The van der Waals surface area contributed by atoms with Crippen LogP contribution in [-0.2, 0) is 16.0 Å². The summed E-state index contributed by atoms with van der Waals surface area (Å²) in [6.45, 7) is 0.429. The number of carbonyl (C=O) groups excluding carboxylic acids is 2. The molecular weight excluding hydrogens is 194 g/mol. The lowest BCUT2D eigenvalue weighted by Crippen LogP contribution is -2.26. The number of ether oxygens (including phenoxy) is 1. The Balaban J connectivity index is 2.49. The van der Waals surface area contributed by atoms with Gasteiger partial charge in [-0.15, -0.1) is 0 Å². The second-order valence-corrected chi connectivity index (χ2v) is 2.97. The Kier molecular flexibility index (Phi) is 4.34. The zero-order valence-electron chi connectivity index (χ0n) is 8.53. The minimum atomic E-state index is -0.593. The van der Waals surface area contributed by atoms with Crippen LogP contribution in [0.25, 0.3) is 0 Å². The summed E-state index contributed by atoms with van der Waals surface area (Å²) in [6, 6.07) is 7.56. The number of methoxy groups -OCH3 is 1. The van der Waals surface area contributed by atoms with Gasteiger partial charge >= 0.3 is 0 Å². The van der Waals surface area contributed by atoms with Gasteiger partial charge in [0.15, 0.2) is 0 Å². The summed E-state index contributed by atoms with van der Waals surface area (Å²) in [5, 5.41) is 2.47. The Morgan fingerprint density at radius 3 is 2.87 bits per heavy atom. The minimum absolute atomic E-state index is 0.266. The van der Waals surface area contributed by atoms with E-state index in [4.69, 9.17) is 4.74 Å². The van der Waals surface area contributed by atoms with Crippen molar-refractivity contribution in [2.24, 2.45) is 0 Å². The van der Waals surface area contributed by atoms with Crippen molar-refractivity contribution < 1.29 is 14.3 Å². The molecule has 4 heteroatoms. The molecule has 1 aromatic carbocycles. The van der Waals surface area contributed by atoms with Crippen LogP contribution in [-0.4, -0.2) is 25.8 Å². The maximum absolute atomic E-state index is 10.6. The van der Waals surface area contributed by atoms with Crippen LogP contribution in [0.4, 0.5) is 0 Å². The predicted molar refractivity (Wildman–Crippen MR) is 55.8 cm³/mol. The average molecular weight is 207 g/mol. The van der Waals surface area contributed by atoms with E-state index in [-0.39, 0.29) is 6.29 Å². The van der Waals surface area contributed by atoms with Crippen LogP contribution in [0.1, 0.15) is 5.56 Å². The number of hydrogen-bond donors (Lipinski definition) is 1. The minimum Gasteiger partial charge on any atom is -0.496 e. The van der Waals surface area contributed by atoms with E-state index < -0.39 is 5.91 Å². The molecule has 0 saturated carbocycles. The molecular formula is C11H13NO3. The van der Waals surface area contributed by atoms with Crippen LogP contribution >= 0.6 is 0 Å². The van der Waals surface area contributed by atoms with Gasteiger partial charge < -0.3 is 10.1 Å². The number of carbonyl (C=O) groups is 2. The molecule has 0 saturated heterocycles. The fraction of sp³-hybridized carbons (Fsp3) is 0.273. The SMILES string of the molecule is COc1ccccc1CCNC(=O)C=O. The summed E-state index contributed by atoms with van der Waals surface area (Å²) < 4.78 is 5.15. The Morgan fingerprint density at radius 1 is 1.47 bits per heavy atom. The van der Waals surface area contributed by atoms with Crippen molar-refractivity contribution >= 4 is 12.2 Å². The third-order valence-corrected chi connectivity index (χ3v) is 1.99. The number of amides is 1. The molecule has 0 atom stereocenters. The first-order chi connectivity index (χ1) is 7.27. The third-order valence-electron chi connectivity index (χ3n) is 1.99. The molecule has 80 valence electrons. The first-order valence-corrected chi connectivity index (χ1v) is 4.63. The summed E-state index contributed by atoms with van der Waals surface area (Å²) in [6.07, 6.45) is 0.909. The zero-order valence-corrected chi connectivity index (χ0v) is 8.53. The topological polar surface area (TPSA) is 55.4 Å². The number of hydrogen-bond acceptors (Lipinski definition) is 3. The van der Waals surface area contributed by atoms with Gasteiger partial charge in [0, 0.05) is 6.54 Å². The van der Waals surface area contributed by atoms with Crippen molar-refractivity contribution in [2.45, 2.75) is 6.42 Å². The maximum atomic E-state index is 10.6. The second-order valence-electron chi connectivity index (χ2n) is 2.97. The Labute approximate surface area is 88.2 Å². The highest BCUT2D eigenvalue weighted by Crippen LogP contribution is 2.16. The van der Waals surface area contributed by atoms with E-state index in [9.17, 15) is 9.59 Å². The lowest BCUT2D eigenvalue weighted by atomic mass is 10.1. The number of nitrogens with one attached hydrogen (secondary N) is 1. The molecule has 0 radical (unpaired) electrons. The van der Waals surface area contributed by atoms with E-state index in [2.05, 4.69) is 5.32 Å². The molecule has 1 rings (SSSR count). The fourth-order valence-corrected chi connectivity index (χ4v) is 1.27. The summed E-state index contributed by atoms with van der Waals surface area (Å²) >= 11 is 0. The van der Waals surface area contributed by atoms with Gasteiger partial charge in [0.25, 0.3) is 5.91 Å². The van der Waals surface area contributed by atoms with Crippen LogP contribution in [0.5, 0.6) is 5.75 Å². The smallest absolute Gasteiger partial charge is 0.284 e. The van der Waals surface area contributed by atoms with Crippen LogP contribution in [0, 0.1) is 0 Å². The van der Waals surface area contributed by atoms with E-state index in [0.29, 0.717) is 13.0 Å². The number of benzene rings is 1. The number of rotatable bonds is 5. The number of para-hydroxylation sites is 1. The standard InChI is InChI=1S/C11H13NO3/c1-15-10-5-3-2-4-9(10)6-7-12-11(14)8-13/h2-5,8H,6-7H2,1H3,(H,12,14). The molecule has 0 spiro atoms. The van der Waals surface area contributed by atoms with Crippen LogP contribution in [0.3, 0.4) is 0 Å². The summed E-state index contributed by atoms with van der Waals surface area (Å²) in [7, 11) is 1.60. The Hall–Kier alpha value is -1.84. The van der Waals surface area contributed by atoms with E-state index >= 15 is 0 Å². The van der Waals surface area contributed by atoms with Gasteiger partial charge in [-0.25, -0.2) is 0 Å². The van der Waals surface area contributed by atoms with E-state index in [1.807, 2.05) is 24.3 Å². The van der Waals surface area contributed by atoms with Crippen molar-refractivity contribution in [3.63, 3.8) is 0 Å². The van der Waals surface area contributed by atoms with Crippen molar-refractivity contribution in [3.05, 3.63) is 29.8 Å². The largest absolute Gasteiger partial charge is 0.496 e. The molecule has 0 aliphatic carbocycles. The quantitative estimate of drug-likeness (QED) is 0.566. The van der Waals surface area contributed by atoms with Crippen molar-refractivity contribution in [3.8, 4) is 5.75 Å². The Bertz CT molecular complexity index is 349. The highest BCUT2D eigenvalue weighted by atomic mass is 16.5. The average Bonchev–Trinajstić information content (AvgIpc) is 2.29. The fourth-order valence-electron chi connectivity index (χ4n) is 1.27. The van der Waals surface area contributed by atoms with Crippen molar-refractivity contribution in [2.75, 3.05) is 13.7 Å². The van der Waals surface area contributed by atoms with Crippen LogP contribution in [0.2, 0.25) is 0 Å². The Morgan fingerprint density at radius 2 is 2.20 bits per heavy atom. The van der Waals surface area contributed by atoms with Crippen molar-refractivity contribution in [1.29, 1.82) is 0 Å². The molecule has 0 unspecified atom stereocenters. The summed E-state index contributed by atoms with van der Waals surface area (Å²) in [5.41, 5.74) is 1.01. The monoisotopic (exact) mass is 207 g/mol. The van der Waals surface area contributed by atoms with Gasteiger partial charge in [-0.1, -0.05) is 18.2 Å². The first kappa shape index (κ1) is 11.2. The lowest BCUT2D eigenvalue weighted by molar-refractivity contribution is -0.131. The van der Waals surface area contributed by atoms with Crippen LogP contribution < -0.4 is 10.1 Å². The van der Waals surface area contributed by atoms with Gasteiger partial charge in [-0.3, -0.25) is 9.59 Å². The number of aldehydes is 1. The van der Waals surface area contributed by atoms with Gasteiger partial charge in [-0.2, -0.15) is 0 Å². The molecule has 0 aliphatic heterocycles. The molecule has 0 heterocycles. The summed E-state index contributed by atoms with van der Waals surface area (Å²) in [5.74, 6) is 0.197. The molecule has 4 nitrogen and oxygen atoms in total. The molecule has 0 aromatic heterocycles. The zero-order chi connectivity index (χ0) is 11.1. The molecule has 0 bridgehead atoms. The first-order valence-electron chi connectivity index (χ1n) is 4.63. The van der Waals surface area contributed by atoms with Gasteiger partial charge in [0.05, 0.1) is 7.11 Å².